The Morgan fingerprint density at radius 2 is 2.29 bits per heavy atom. The van der Waals surface area contributed by atoms with Crippen LogP contribution in [0.15, 0.2) is 18.2 Å². The van der Waals surface area contributed by atoms with Gasteiger partial charge in [-0.25, -0.2) is 0 Å². The van der Waals surface area contributed by atoms with E-state index in [1.807, 2.05) is 18.2 Å². The molecule has 1 aromatic carbocycles. The van der Waals surface area contributed by atoms with Crippen LogP contribution in [0.25, 0.3) is 0 Å². The molecule has 1 heterocycles. The highest BCUT2D eigenvalue weighted by molar-refractivity contribution is 5.52. The van der Waals surface area contributed by atoms with E-state index in [0.717, 1.165) is 0 Å². The normalized spacial score (nSPS) is 12.9. The van der Waals surface area contributed by atoms with Gasteiger partial charge in [-0.3, -0.25) is 0 Å². The van der Waals surface area contributed by atoms with Crippen molar-refractivity contribution in [2.24, 2.45) is 0 Å². The molecule has 0 aromatic heterocycles. The number of para-hydroxylation sites is 1. The van der Waals surface area contributed by atoms with Gasteiger partial charge in [-0.1, -0.05) is 6.07 Å². The van der Waals surface area contributed by atoms with Crippen LogP contribution >= 0.6 is 0 Å². The highest BCUT2D eigenvalue weighted by Gasteiger charge is 2.17. The molecule has 76 valence electrons. The highest BCUT2D eigenvalue weighted by atomic mass is 16.7. The number of hydrogen-bond donors (Lipinski definition) is 1. The number of aliphatic hydroxyl groups excluding tert-OH is 1. The second kappa shape index (κ2) is 4.19. The second-order valence-corrected chi connectivity index (χ2v) is 2.92. The molecule has 1 aromatic rings. The van der Waals surface area contributed by atoms with E-state index in [-0.39, 0.29) is 13.4 Å². The SMILES string of the molecule is OCCCOc1cccc2c1OCO2. The van der Waals surface area contributed by atoms with E-state index in [1.54, 1.807) is 0 Å². The van der Waals surface area contributed by atoms with E-state index in [9.17, 15) is 0 Å². The van der Waals surface area contributed by atoms with Gasteiger partial charge < -0.3 is 19.3 Å². The van der Waals surface area contributed by atoms with Crippen molar-refractivity contribution in [1.29, 1.82) is 0 Å². The van der Waals surface area contributed by atoms with Crippen LogP contribution < -0.4 is 14.2 Å². The molecule has 0 atom stereocenters. The van der Waals surface area contributed by atoms with E-state index >= 15 is 0 Å². The van der Waals surface area contributed by atoms with Crippen molar-refractivity contribution in [1.82, 2.24) is 0 Å². The summed E-state index contributed by atoms with van der Waals surface area (Å²) in [5.74, 6) is 2.05. The molecule has 0 amide bonds. The minimum absolute atomic E-state index is 0.131. The largest absolute Gasteiger partial charge is 0.489 e. The maximum Gasteiger partial charge on any atom is 0.231 e. The van der Waals surface area contributed by atoms with Gasteiger partial charge in [0.25, 0.3) is 0 Å². The van der Waals surface area contributed by atoms with Crippen molar-refractivity contribution in [3.63, 3.8) is 0 Å². The van der Waals surface area contributed by atoms with Crippen molar-refractivity contribution < 1.29 is 19.3 Å². The summed E-state index contributed by atoms with van der Waals surface area (Å²) in [6, 6.07) is 5.51. The third kappa shape index (κ3) is 1.75. The van der Waals surface area contributed by atoms with Crippen LogP contribution in [-0.4, -0.2) is 25.1 Å². The molecular formula is C10H12O4. The fourth-order valence-corrected chi connectivity index (χ4v) is 1.26. The lowest BCUT2D eigenvalue weighted by atomic mass is 10.3. The summed E-state index contributed by atoms with van der Waals surface area (Å²) in [6.07, 6.45) is 0.616. The number of hydrogen-bond acceptors (Lipinski definition) is 4. The quantitative estimate of drug-likeness (QED) is 0.734. The number of ether oxygens (including phenoxy) is 3. The minimum Gasteiger partial charge on any atom is -0.489 e. The van der Waals surface area contributed by atoms with E-state index in [1.165, 1.54) is 0 Å². The summed E-state index contributed by atoms with van der Waals surface area (Å²) in [7, 11) is 0. The van der Waals surface area contributed by atoms with Crippen molar-refractivity contribution >= 4 is 0 Å². The molecule has 4 nitrogen and oxygen atoms in total. The van der Waals surface area contributed by atoms with Gasteiger partial charge in [0.1, 0.15) is 0 Å². The zero-order valence-corrected chi connectivity index (χ0v) is 7.73. The molecule has 0 spiro atoms. The summed E-state index contributed by atoms with van der Waals surface area (Å²) in [6.45, 7) is 0.860. The number of fused-ring (bicyclic) bond motifs is 1. The number of rotatable bonds is 4. The molecule has 0 saturated carbocycles. The lowest BCUT2D eigenvalue weighted by molar-refractivity contribution is 0.168. The van der Waals surface area contributed by atoms with E-state index in [2.05, 4.69) is 0 Å². The van der Waals surface area contributed by atoms with Gasteiger partial charge in [0.05, 0.1) is 6.61 Å². The van der Waals surface area contributed by atoms with Crippen molar-refractivity contribution in [3.8, 4) is 17.2 Å². The average Bonchev–Trinajstić information content (AvgIpc) is 2.67. The van der Waals surface area contributed by atoms with E-state index in [0.29, 0.717) is 30.3 Å². The molecule has 0 radical (unpaired) electrons. The fraction of sp³-hybridized carbons (Fsp3) is 0.400. The molecule has 0 fully saturated rings. The molecule has 0 aliphatic carbocycles. The van der Waals surface area contributed by atoms with Crippen LogP contribution in [0.5, 0.6) is 17.2 Å². The molecule has 1 N–H and O–H groups in total. The Bertz CT molecular complexity index is 311. The zero-order chi connectivity index (χ0) is 9.80. The Hall–Kier alpha value is -1.42. The lowest BCUT2D eigenvalue weighted by Crippen LogP contribution is -2.00. The summed E-state index contributed by atoms with van der Waals surface area (Å²) in [5, 5.41) is 8.60. The molecule has 1 aliphatic rings. The molecule has 14 heavy (non-hydrogen) atoms. The van der Waals surface area contributed by atoms with Crippen LogP contribution in [0.4, 0.5) is 0 Å². The van der Waals surface area contributed by atoms with E-state index in [4.69, 9.17) is 19.3 Å². The molecule has 0 unspecified atom stereocenters. The monoisotopic (exact) mass is 196 g/mol. The summed E-state index contributed by atoms with van der Waals surface area (Å²) in [4.78, 5) is 0. The van der Waals surface area contributed by atoms with Gasteiger partial charge in [0.2, 0.25) is 12.5 Å². The van der Waals surface area contributed by atoms with Gasteiger partial charge in [0, 0.05) is 13.0 Å². The van der Waals surface area contributed by atoms with Crippen molar-refractivity contribution in [2.75, 3.05) is 20.0 Å². The Morgan fingerprint density at radius 3 is 3.14 bits per heavy atom. The van der Waals surface area contributed by atoms with Crippen LogP contribution in [0.2, 0.25) is 0 Å². The minimum atomic E-state index is 0.131. The van der Waals surface area contributed by atoms with E-state index < -0.39 is 0 Å². The summed E-state index contributed by atoms with van der Waals surface area (Å²) in [5.41, 5.74) is 0. The number of benzene rings is 1. The molecule has 4 heteroatoms. The second-order valence-electron chi connectivity index (χ2n) is 2.92. The zero-order valence-electron chi connectivity index (χ0n) is 7.73. The van der Waals surface area contributed by atoms with Crippen molar-refractivity contribution in [3.05, 3.63) is 18.2 Å². The number of aliphatic hydroxyl groups is 1. The smallest absolute Gasteiger partial charge is 0.231 e. The topological polar surface area (TPSA) is 47.9 Å². The predicted octanol–water partition coefficient (Wildman–Crippen LogP) is 1.18. The molecule has 2 rings (SSSR count). The van der Waals surface area contributed by atoms with Crippen LogP contribution in [0.1, 0.15) is 6.42 Å². The van der Waals surface area contributed by atoms with Gasteiger partial charge in [-0.15, -0.1) is 0 Å². The van der Waals surface area contributed by atoms with Gasteiger partial charge in [-0.2, -0.15) is 0 Å². The third-order valence-corrected chi connectivity index (χ3v) is 1.92. The molecular weight excluding hydrogens is 184 g/mol. The third-order valence-electron chi connectivity index (χ3n) is 1.92. The van der Waals surface area contributed by atoms with Crippen molar-refractivity contribution in [2.45, 2.75) is 6.42 Å². The first-order chi connectivity index (χ1) is 6.92. The Morgan fingerprint density at radius 1 is 1.36 bits per heavy atom. The average molecular weight is 196 g/mol. The first kappa shape index (κ1) is 9.15. The summed E-state index contributed by atoms with van der Waals surface area (Å²) < 4.78 is 15.9. The Balaban J connectivity index is 2.06. The maximum absolute atomic E-state index is 8.60. The maximum atomic E-state index is 8.60. The summed E-state index contributed by atoms with van der Waals surface area (Å²) >= 11 is 0. The van der Waals surface area contributed by atoms with Crippen LogP contribution in [0.3, 0.4) is 0 Å². The first-order valence-electron chi connectivity index (χ1n) is 4.54. The first-order valence-corrected chi connectivity index (χ1v) is 4.54. The van der Waals surface area contributed by atoms with Crippen LogP contribution in [0, 0.1) is 0 Å². The standard InChI is InChI=1S/C10H12O4/c11-5-2-6-12-8-3-1-4-9-10(8)14-7-13-9/h1,3-4,11H,2,5-7H2. The molecule has 1 aliphatic heterocycles. The lowest BCUT2D eigenvalue weighted by Gasteiger charge is -2.07. The van der Waals surface area contributed by atoms with Crippen LogP contribution in [-0.2, 0) is 0 Å². The molecule has 0 saturated heterocycles. The van der Waals surface area contributed by atoms with Gasteiger partial charge in [0.15, 0.2) is 11.5 Å². The molecule has 0 bridgehead atoms. The Labute approximate surface area is 82.0 Å². The predicted molar refractivity (Wildman–Crippen MR) is 49.8 cm³/mol. The Kier molecular flexibility index (Phi) is 2.74. The fourth-order valence-electron chi connectivity index (χ4n) is 1.26. The van der Waals surface area contributed by atoms with Gasteiger partial charge >= 0.3 is 0 Å². The van der Waals surface area contributed by atoms with Gasteiger partial charge in [-0.05, 0) is 12.1 Å². The highest BCUT2D eigenvalue weighted by Crippen LogP contribution is 2.40.